The first kappa shape index (κ1) is 16.9. The van der Waals surface area contributed by atoms with Gasteiger partial charge in [-0.3, -0.25) is 9.78 Å². The zero-order valence-electron chi connectivity index (χ0n) is 11.8. The van der Waals surface area contributed by atoms with Gasteiger partial charge in [-0.25, -0.2) is 0 Å². The fraction of sp³-hybridized carbons (Fsp3) is 0.600. The van der Waals surface area contributed by atoms with Gasteiger partial charge in [-0.15, -0.1) is 12.4 Å². The molecule has 112 valence electrons. The Bertz CT molecular complexity index is 380. The molecule has 1 aromatic heterocycles. The Kier molecular flexibility index (Phi) is 8.23. The summed E-state index contributed by atoms with van der Waals surface area (Å²) in [5.41, 5.74) is 0.676. The average Bonchev–Trinajstić information content (AvgIpc) is 2.49. The number of nitrogens with zero attached hydrogens (tertiary/aromatic N) is 1. The molecule has 0 saturated heterocycles. The van der Waals surface area contributed by atoms with Crippen molar-refractivity contribution >= 4 is 18.3 Å². The average molecular weight is 298 g/mol. The van der Waals surface area contributed by atoms with E-state index in [1.807, 2.05) is 0 Å². The molecule has 1 fully saturated rings. The third-order valence-corrected chi connectivity index (χ3v) is 3.62. The number of pyridine rings is 1. The van der Waals surface area contributed by atoms with Crippen molar-refractivity contribution in [2.45, 2.75) is 44.6 Å². The van der Waals surface area contributed by atoms with Crippen LogP contribution in [0, 0.1) is 0 Å². The number of hydrogen-bond donors (Lipinski definition) is 2. The van der Waals surface area contributed by atoms with Crippen LogP contribution in [0.25, 0.3) is 0 Å². The van der Waals surface area contributed by atoms with E-state index < -0.39 is 0 Å². The van der Waals surface area contributed by atoms with Gasteiger partial charge in [0.1, 0.15) is 0 Å². The van der Waals surface area contributed by atoms with Crippen molar-refractivity contribution in [3.05, 3.63) is 30.1 Å². The molecule has 0 bridgehead atoms. The van der Waals surface area contributed by atoms with Crippen LogP contribution in [-0.4, -0.2) is 30.0 Å². The van der Waals surface area contributed by atoms with Crippen LogP contribution in [0.2, 0.25) is 0 Å². The molecule has 0 aromatic carbocycles. The minimum atomic E-state index is -0.0138. The van der Waals surface area contributed by atoms with Gasteiger partial charge in [0.2, 0.25) is 0 Å². The fourth-order valence-corrected chi connectivity index (χ4v) is 2.51. The third kappa shape index (κ3) is 5.88. The van der Waals surface area contributed by atoms with Gasteiger partial charge in [0, 0.05) is 30.5 Å². The molecule has 2 N–H and O–H groups in total. The van der Waals surface area contributed by atoms with Gasteiger partial charge in [0.05, 0.1) is 0 Å². The first-order valence-corrected chi connectivity index (χ1v) is 7.28. The maximum absolute atomic E-state index is 11.8. The van der Waals surface area contributed by atoms with Crippen molar-refractivity contribution in [2.75, 3.05) is 13.1 Å². The predicted molar refractivity (Wildman–Crippen MR) is 83.3 cm³/mol. The summed E-state index contributed by atoms with van der Waals surface area (Å²) < 4.78 is 0. The van der Waals surface area contributed by atoms with E-state index in [1.165, 1.54) is 32.1 Å². The lowest BCUT2D eigenvalue weighted by Gasteiger charge is -2.22. The highest BCUT2D eigenvalue weighted by Gasteiger charge is 2.11. The highest BCUT2D eigenvalue weighted by Crippen LogP contribution is 2.17. The highest BCUT2D eigenvalue weighted by molar-refractivity contribution is 5.93. The second-order valence-electron chi connectivity index (χ2n) is 5.13. The molecule has 1 heterocycles. The van der Waals surface area contributed by atoms with E-state index in [4.69, 9.17) is 0 Å². The molecule has 1 aliphatic carbocycles. The highest BCUT2D eigenvalue weighted by atomic mass is 35.5. The zero-order valence-corrected chi connectivity index (χ0v) is 12.6. The van der Waals surface area contributed by atoms with Crippen molar-refractivity contribution in [3.63, 3.8) is 0 Å². The summed E-state index contributed by atoms with van der Waals surface area (Å²) >= 11 is 0. The summed E-state index contributed by atoms with van der Waals surface area (Å²) in [4.78, 5) is 15.6. The minimum Gasteiger partial charge on any atom is -0.352 e. The molecular formula is C15H24ClN3O. The van der Waals surface area contributed by atoms with Gasteiger partial charge in [-0.1, -0.05) is 19.3 Å². The van der Waals surface area contributed by atoms with Crippen LogP contribution in [0.15, 0.2) is 24.5 Å². The Labute approximate surface area is 127 Å². The predicted octanol–water partition coefficient (Wildman–Crippen LogP) is 2.55. The molecule has 0 unspecified atom stereocenters. The molecule has 0 spiro atoms. The Balaban J connectivity index is 0.00000200. The van der Waals surface area contributed by atoms with Crippen LogP contribution >= 0.6 is 12.4 Å². The molecule has 1 aliphatic rings. The van der Waals surface area contributed by atoms with Crippen LogP contribution in [0.5, 0.6) is 0 Å². The normalized spacial score (nSPS) is 15.4. The molecule has 1 amide bonds. The van der Waals surface area contributed by atoms with Crippen molar-refractivity contribution in [1.82, 2.24) is 15.6 Å². The van der Waals surface area contributed by atoms with E-state index in [2.05, 4.69) is 15.6 Å². The number of nitrogens with one attached hydrogen (secondary N) is 2. The van der Waals surface area contributed by atoms with Crippen LogP contribution in [-0.2, 0) is 0 Å². The Morgan fingerprint density at radius 2 is 1.85 bits per heavy atom. The molecular weight excluding hydrogens is 274 g/mol. The van der Waals surface area contributed by atoms with Crippen molar-refractivity contribution in [1.29, 1.82) is 0 Å². The lowest BCUT2D eigenvalue weighted by Crippen LogP contribution is -2.34. The molecule has 5 heteroatoms. The van der Waals surface area contributed by atoms with E-state index in [9.17, 15) is 4.79 Å². The maximum Gasteiger partial charge on any atom is 0.251 e. The van der Waals surface area contributed by atoms with Gasteiger partial charge in [0.25, 0.3) is 5.91 Å². The zero-order chi connectivity index (χ0) is 13.3. The van der Waals surface area contributed by atoms with E-state index >= 15 is 0 Å². The number of carbonyl (C=O) groups is 1. The molecule has 1 aromatic rings. The van der Waals surface area contributed by atoms with E-state index in [0.29, 0.717) is 11.6 Å². The largest absolute Gasteiger partial charge is 0.352 e. The quantitative estimate of drug-likeness (QED) is 0.794. The Morgan fingerprint density at radius 3 is 2.55 bits per heavy atom. The Hall–Kier alpha value is -1.13. The van der Waals surface area contributed by atoms with Crippen LogP contribution in [0.4, 0.5) is 0 Å². The second kappa shape index (κ2) is 9.72. The molecule has 0 atom stereocenters. The lowest BCUT2D eigenvalue weighted by molar-refractivity contribution is 0.0953. The molecule has 4 nitrogen and oxygen atoms in total. The second-order valence-corrected chi connectivity index (χ2v) is 5.13. The van der Waals surface area contributed by atoms with Crippen LogP contribution in [0.1, 0.15) is 48.9 Å². The molecule has 0 radical (unpaired) electrons. The van der Waals surface area contributed by atoms with Crippen molar-refractivity contribution in [2.24, 2.45) is 0 Å². The van der Waals surface area contributed by atoms with E-state index in [0.717, 1.165) is 19.5 Å². The summed E-state index contributed by atoms with van der Waals surface area (Å²) in [5, 5.41) is 6.50. The van der Waals surface area contributed by atoms with E-state index in [-0.39, 0.29) is 18.3 Å². The summed E-state index contributed by atoms with van der Waals surface area (Å²) in [5.74, 6) is -0.0138. The summed E-state index contributed by atoms with van der Waals surface area (Å²) in [6.45, 7) is 1.71. The molecule has 20 heavy (non-hydrogen) atoms. The standard InChI is InChI=1S/C15H23N3O.ClH/c19-15(13-7-11-16-12-8-13)18-10-4-9-17-14-5-2-1-3-6-14;/h7-8,11-12,14,17H,1-6,9-10H2,(H,18,19);1H. The van der Waals surface area contributed by atoms with E-state index in [1.54, 1.807) is 24.5 Å². The topological polar surface area (TPSA) is 54.0 Å². The van der Waals surface area contributed by atoms with Gasteiger partial charge in [-0.05, 0) is 37.9 Å². The first-order chi connectivity index (χ1) is 9.36. The van der Waals surface area contributed by atoms with Crippen LogP contribution in [0.3, 0.4) is 0 Å². The number of aromatic nitrogens is 1. The third-order valence-electron chi connectivity index (χ3n) is 3.62. The molecule has 0 aliphatic heterocycles. The van der Waals surface area contributed by atoms with Crippen molar-refractivity contribution < 1.29 is 4.79 Å². The number of hydrogen-bond acceptors (Lipinski definition) is 3. The minimum absolute atomic E-state index is 0. The Morgan fingerprint density at radius 1 is 1.15 bits per heavy atom. The monoisotopic (exact) mass is 297 g/mol. The number of amides is 1. The number of rotatable bonds is 6. The fourth-order valence-electron chi connectivity index (χ4n) is 2.51. The van der Waals surface area contributed by atoms with Gasteiger partial charge in [-0.2, -0.15) is 0 Å². The molecule has 2 rings (SSSR count). The SMILES string of the molecule is Cl.O=C(NCCCNC1CCCCC1)c1ccncc1. The number of halogens is 1. The van der Waals surface area contributed by atoms with Gasteiger partial charge < -0.3 is 10.6 Å². The maximum atomic E-state index is 11.8. The smallest absolute Gasteiger partial charge is 0.251 e. The molecule has 1 saturated carbocycles. The summed E-state index contributed by atoms with van der Waals surface area (Å²) in [6, 6.07) is 4.16. The number of carbonyl (C=O) groups excluding carboxylic acids is 1. The van der Waals surface area contributed by atoms with Crippen molar-refractivity contribution in [3.8, 4) is 0 Å². The lowest BCUT2D eigenvalue weighted by atomic mass is 9.95. The summed E-state index contributed by atoms with van der Waals surface area (Å²) in [6.07, 6.45) is 11.0. The van der Waals surface area contributed by atoms with Crippen LogP contribution < -0.4 is 10.6 Å². The summed E-state index contributed by atoms with van der Waals surface area (Å²) in [7, 11) is 0. The van der Waals surface area contributed by atoms with Gasteiger partial charge in [0.15, 0.2) is 0 Å². The first-order valence-electron chi connectivity index (χ1n) is 7.28. The van der Waals surface area contributed by atoms with Gasteiger partial charge >= 0.3 is 0 Å².